The van der Waals surface area contributed by atoms with Crippen LogP contribution in [0.15, 0.2) is 24.3 Å². The largest absolute Gasteiger partial charge is 0.340 e. The van der Waals surface area contributed by atoms with Crippen molar-refractivity contribution in [3.8, 4) is 0 Å². The first-order chi connectivity index (χ1) is 9.61. The molecule has 0 atom stereocenters. The SMILES string of the molecule is Cc1cc(C)nc(N(C)Cc2ccc3nsnc3c2)n1. The van der Waals surface area contributed by atoms with Crippen molar-refractivity contribution in [2.75, 3.05) is 11.9 Å². The zero-order chi connectivity index (χ0) is 14.1. The number of fused-ring (bicyclic) bond motifs is 1. The second kappa shape index (κ2) is 5.13. The molecule has 0 fully saturated rings. The van der Waals surface area contributed by atoms with Gasteiger partial charge in [-0.2, -0.15) is 8.75 Å². The third kappa shape index (κ3) is 2.60. The van der Waals surface area contributed by atoms with E-state index in [0.717, 1.165) is 34.9 Å². The van der Waals surface area contributed by atoms with Crippen LogP contribution < -0.4 is 4.90 Å². The summed E-state index contributed by atoms with van der Waals surface area (Å²) in [5.74, 6) is 0.749. The molecular weight excluding hydrogens is 270 g/mol. The molecule has 0 aliphatic carbocycles. The lowest BCUT2D eigenvalue weighted by Gasteiger charge is -2.17. The minimum atomic E-state index is 0.746. The Morgan fingerprint density at radius 2 is 1.70 bits per heavy atom. The number of hydrogen-bond acceptors (Lipinski definition) is 6. The summed E-state index contributed by atoms with van der Waals surface area (Å²) in [4.78, 5) is 11.0. The molecule has 102 valence electrons. The number of aromatic nitrogens is 4. The van der Waals surface area contributed by atoms with Gasteiger partial charge in [-0.25, -0.2) is 9.97 Å². The fourth-order valence-electron chi connectivity index (χ4n) is 2.15. The quantitative estimate of drug-likeness (QED) is 0.740. The van der Waals surface area contributed by atoms with Crippen LogP contribution in [0.3, 0.4) is 0 Å². The molecule has 2 aromatic heterocycles. The van der Waals surface area contributed by atoms with Crippen molar-refractivity contribution in [2.45, 2.75) is 20.4 Å². The van der Waals surface area contributed by atoms with E-state index in [1.165, 1.54) is 17.3 Å². The summed E-state index contributed by atoms with van der Waals surface area (Å²) in [5, 5.41) is 0. The summed E-state index contributed by atoms with van der Waals surface area (Å²) < 4.78 is 8.48. The van der Waals surface area contributed by atoms with Crippen LogP contribution in [0.25, 0.3) is 11.0 Å². The van der Waals surface area contributed by atoms with Crippen molar-refractivity contribution in [3.63, 3.8) is 0 Å². The molecule has 5 nitrogen and oxygen atoms in total. The third-order valence-corrected chi connectivity index (χ3v) is 3.61. The first-order valence-electron chi connectivity index (χ1n) is 6.36. The molecule has 2 heterocycles. The maximum Gasteiger partial charge on any atom is 0.225 e. The molecule has 1 aromatic carbocycles. The summed E-state index contributed by atoms with van der Waals surface area (Å²) >= 11 is 1.24. The Kier molecular flexibility index (Phi) is 3.31. The topological polar surface area (TPSA) is 54.8 Å². The van der Waals surface area contributed by atoms with Crippen LogP contribution in [-0.4, -0.2) is 25.8 Å². The van der Waals surface area contributed by atoms with E-state index in [0.29, 0.717) is 0 Å². The molecule has 0 unspecified atom stereocenters. The van der Waals surface area contributed by atoms with Gasteiger partial charge in [0.25, 0.3) is 0 Å². The normalized spacial score (nSPS) is 10.9. The van der Waals surface area contributed by atoms with Crippen molar-refractivity contribution in [1.29, 1.82) is 0 Å². The van der Waals surface area contributed by atoms with Gasteiger partial charge in [0.1, 0.15) is 11.0 Å². The average Bonchev–Trinajstić information content (AvgIpc) is 2.85. The van der Waals surface area contributed by atoms with E-state index in [1.54, 1.807) is 0 Å². The van der Waals surface area contributed by atoms with E-state index in [1.807, 2.05) is 37.9 Å². The van der Waals surface area contributed by atoms with E-state index in [4.69, 9.17) is 0 Å². The minimum absolute atomic E-state index is 0.746. The van der Waals surface area contributed by atoms with Crippen LogP contribution >= 0.6 is 11.7 Å². The minimum Gasteiger partial charge on any atom is -0.340 e. The maximum absolute atomic E-state index is 4.47. The highest BCUT2D eigenvalue weighted by atomic mass is 32.1. The first-order valence-corrected chi connectivity index (χ1v) is 7.09. The Morgan fingerprint density at radius 3 is 2.45 bits per heavy atom. The van der Waals surface area contributed by atoms with Crippen LogP contribution in [0, 0.1) is 13.8 Å². The Morgan fingerprint density at radius 1 is 1.00 bits per heavy atom. The van der Waals surface area contributed by atoms with E-state index < -0.39 is 0 Å². The van der Waals surface area contributed by atoms with Gasteiger partial charge in [-0.1, -0.05) is 6.07 Å². The summed E-state index contributed by atoms with van der Waals surface area (Å²) in [7, 11) is 2.00. The predicted octanol–water partition coefficient (Wildman–Crippen LogP) is 2.73. The van der Waals surface area contributed by atoms with E-state index >= 15 is 0 Å². The summed E-state index contributed by atoms with van der Waals surface area (Å²) in [6.07, 6.45) is 0. The molecule has 0 N–H and O–H groups in total. The molecule has 0 saturated heterocycles. The smallest absolute Gasteiger partial charge is 0.225 e. The van der Waals surface area contributed by atoms with Gasteiger partial charge < -0.3 is 4.90 Å². The molecule has 0 spiro atoms. The Labute approximate surface area is 121 Å². The fraction of sp³-hybridized carbons (Fsp3) is 0.286. The summed E-state index contributed by atoms with van der Waals surface area (Å²) in [6.45, 7) is 4.72. The van der Waals surface area contributed by atoms with Gasteiger partial charge in [-0.05, 0) is 37.6 Å². The summed E-state index contributed by atoms with van der Waals surface area (Å²) in [6, 6.07) is 8.12. The molecule has 20 heavy (non-hydrogen) atoms. The van der Waals surface area contributed by atoms with Crippen molar-refractivity contribution in [3.05, 3.63) is 41.2 Å². The van der Waals surface area contributed by atoms with Crippen LogP contribution in [0.4, 0.5) is 5.95 Å². The molecule has 0 saturated carbocycles. The number of hydrogen-bond donors (Lipinski definition) is 0. The zero-order valence-electron chi connectivity index (χ0n) is 11.7. The van der Waals surface area contributed by atoms with Gasteiger partial charge in [0, 0.05) is 25.0 Å². The molecule has 0 radical (unpaired) electrons. The second-order valence-corrected chi connectivity index (χ2v) is 5.42. The van der Waals surface area contributed by atoms with Gasteiger partial charge >= 0.3 is 0 Å². The predicted molar refractivity (Wildman–Crippen MR) is 81.0 cm³/mol. The van der Waals surface area contributed by atoms with Gasteiger partial charge in [-0.3, -0.25) is 0 Å². The first kappa shape index (κ1) is 12.9. The van der Waals surface area contributed by atoms with Gasteiger partial charge in [0.05, 0.1) is 11.7 Å². The highest BCUT2D eigenvalue weighted by Gasteiger charge is 2.08. The molecule has 0 aliphatic rings. The van der Waals surface area contributed by atoms with Gasteiger partial charge in [-0.15, -0.1) is 0 Å². The monoisotopic (exact) mass is 285 g/mol. The average molecular weight is 285 g/mol. The van der Waals surface area contributed by atoms with Crippen molar-refractivity contribution >= 4 is 28.7 Å². The number of rotatable bonds is 3. The van der Waals surface area contributed by atoms with Crippen molar-refractivity contribution in [1.82, 2.24) is 18.7 Å². The molecule has 0 bridgehead atoms. The summed E-state index contributed by atoms with van der Waals surface area (Å²) in [5.41, 5.74) is 5.04. The Balaban J connectivity index is 1.85. The maximum atomic E-state index is 4.47. The van der Waals surface area contributed by atoms with Crippen LogP contribution in [0.1, 0.15) is 17.0 Å². The number of aryl methyl sites for hydroxylation is 2. The van der Waals surface area contributed by atoms with E-state index in [-0.39, 0.29) is 0 Å². The molecule has 0 amide bonds. The Bertz CT molecular complexity index is 732. The van der Waals surface area contributed by atoms with Crippen molar-refractivity contribution in [2.24, 2.45) is 0 Å². The zero-order valence-corrected chi connectivity index (χ0v) is 12.5. The fourth-order valence-corrected chi connectivity index (χ4v) is 2.67. The lowest BCUT2D eigenvalue weighted by Crippen LogP contribution is -2.19. The third-order valence-electron chi connectivity index (χ3n) is 3.05. The van der Waals surface area contributed by atoms with Crippen LogP contribution in [-0.2, 0) is 6.54 Å². The van der Waals surface area contributed by atoms with Gasteiger partial charge in [0.2, 0.25) is 5.95 Å². The van der Waals surface area contributed by atoms with Gasteiger partial charge in [0.15, 0.2) is 0 Å². The molecule has 3 aromatic rings. The molecule has 6 heteroatoms. The standard InChI is InChI=1S/C14H15N5S/c1-9-6-10(2)16-14(15-9)19(3)8-11-4-5-12-13(7-11)18-20-17-12/h4-7H,8H2,1-3H3. The second-order valence-electron chi connectivity index (χ2n) is 4.89. The highest BCUT2D eigenvalue weighted by molar-refractivity contribution is 7.00. The Hall–Kier alpha value is -2.08. The highest BCUT2D eigenvalue weighted by Crippen LogP contribution is 2.16. The molecular formula is C14H15N5S. The molecule has 3 rings (SSSR count). The number of benzene rings is 1. The number of nitrogens with zero attached hydrogens (tertiary/aromatic N) is 5. The number of anilines is 1. The lowest BCUT2D eigenvalue weighted by molar-refractivity contribution is 0.852. The van der Waals surface area contributed by atoms with E-state index in [9.17, 15) is 0 Å². The van der Waals surface area contributed by atoms with Crippen LogP contribution in [0.5, 0.6) is 0 Å². The van der Waals surface area contributed by atoms with E-state index in [2.05, 4.69) is 30.8 Å². The molecule has 0 aliphatic heterocycles. The van der Waals surface area contributed by atoms with Crippen molar-refractivity contribution < 1.29 is 0 Å². The lowest BCUT2D eigenvalue weighted by atomic mass is 10.2. The van der Waals surface area contributed by atoms with Crippen LogP contribution in [0.2, 0.25) is 0 Å².